The third-order valence-corrected chi connectivity index (χ3v) is 1.27. The maximum absolute atomic E-state index is 5.10. The molecule has 0 aromatic carbocycles. The van der Waals surface area contributed by atoms with E-state index in [9.17, 15) is 0 Å². The Morgan fingerprint density at radius 1 is 1.55 bits per heavy atom. The lowest BCUT2D eigenvalue weighted by atomic mass is 10.3. The van der Waals surface area contributed by atoms with Crippen LogP contribution in [0.15, 0.2) is 4.99 Å². The lowest BCUT2D eigenvalue weighted by Gasteiger charge is -2.01. The fourth-order valence-electron chi connectivity index (χ4n) is 0.529. The molecule has 0 saturated carbocycles. The van der Waals surface area contributed by atoms with Crippen LogP contribution in [0.3, 0.4) is 0 Å². The Morgan fingerprint density at radius 2 is 2.18 bits per heavy atom. The van der Waals surface area contributed by atoms with Gasteiger partial charge in [0.25, 0.3) is 0 Å². The summed E-state index contributed by atoms with van der Waals surface area (Å²) in [6.45, 7) is 2.93. The van der Waals surface area contributed by atoms with Crippen LogP contribution < -0.4 is 16.8 Å². The number of nitrogens with zero attached hydrogens (tertiary/aromatic N) is 1. The fraction of sp³-hybridized carbons (Fsp3) is 0.667. The summed E-state index contributed by atoms with van der Waals surface area (Å²) in [5.74, 6) is -0.000927. The lowest BCUT2D eigenvalue weighted by Crippen LogP contribution is -2.28. The molecule has 0 bridgehead atoms. The number of nitrogens with two attached hydrogens (primary N) is 2. The number of hydrogen-bond donors (Lipinski definition) is 3. The van der Waals surface area contributed by atoms with Crippen LogP contribution in [0.1, 0.15) is 19.8 Å². The van der Waals surface area contributed by atoms with E-state index in [0.29, 0.717) is 5.11 Å². The average Bonchev–Trinajstić information content (AvgIpc) is 1.86. The van der Waals surface area contributed by atoms with E-state index >= 15 is 0 Å². The predicted molar refractivity (Wildman–Crippen MR) is 51.3 cm³/mol. The molecule has 0 aromatic rings. The van der Waals surface area contributed by atoms with Gasteiger partial charge in [-0.05, 0) is 18.6 Å². The molecular formula is C6H14N4S. The summed E-state index contributed by atoms with van der Waals surface area (Å²) in [6, 6.07) is 0. The Hall–Kier alpha value is -0.840. The van der Waals surface area contributed by atoms with E-state index in [2.05, 4.69) is 17.2 Å². The van der Waals surface area contributed by atoms with Crippen LogP contribution in [-0.4, -0.2) is 17.6 Å². The smallest absolute Gasteiger partial charge is 0.196 e. The van der Waals surface area contributed by atoms with Gasteiger partial charge in [0.05, 0.1) is 0 Å². The van der Waals surface area contributed by atoms with Gasteiger partial charge >= 0.3 is 0 Å². The molecule has 0 heterocycles. The number of rotatable bonds is 3. The first-order valence-electron chi connectivity index (χ1n) is 3.54. The van der Waals surface area contributed by atoms with Gasteiger partial charge in [0.15, 0.2) is 11.1 Å². The average molecular weight is 174 g/mol. The van der Waals surface area contributed by atoms with Gasteiger partial charge in [-0.2, -0.15) is 4.99 Å². The maximum Gasteiger partial charge on any atom is 0.196 e. The Bertz CT molecular complexity index is 151. The van der Waals surface area contributed by atoms with Gasteiger partial charge < -0.3 is 16.8 Å². The van der Waals surface area contributed by atoms with Gasteiger partial charge in [-0.3, -0.25) is 0 Å². The first kappa shape index (κ1) is 10.2. The number of thiocarbonyl (C=S) groups is 1. The Balaban J connectivity index is 3.46. The summed E-state index contributed by atoms with van der Waals surface area (Å²) < 4.78 is 0. The zero-order valence-electron chi connectivity index (χ0n) is 6.63. The summed E-state index contributed by atoms with van der Waals surface area (Å²) in [5.41, 5.74) is 10.2. The van der Waals surface area contributed by atoms with Gasteiger partial charge in [-0.15, -0.1) is 0 Å². The molecule has 11 heavy (non-hydrogen) atoms. The van der Waals surface area contributed by atoms with E-state index in [1.165, 1.54) is 0 Å². The summed E-state index contributed by atoms with van der Waals surface area (Å²) in [6.07, 6.45) is 2.19. The number of hydrogen-bond acceptors (Lipinski definition) is 1. The Kier molecular flexibility index (Phi) is 5.46. The minimum Gasteiger partial charge on any atom is -0.370 e. The van der Waals surface area contributed by atoms with E-state index in [4.69, 9.17) is 23.7 Å². The quantitative estimate of drug-likeness (QED) is 0.242. The molecule has 0 amide bonds. The molecule has 0 spiro atoms. The fourth-order valence-corrected chi connectivity index (χ4v) is 0.736. The largest absolute Gasteiger partial charge is 0.370 e. The van der Waals surface area contributed by atoms with Gasteiger partial charge in [-0.1, -0.05) is 13.3 Å². The van der Waals surface area contributed by atoms with E-state index < -0.39 is 0 Å². The highest BCUT2D eigenvalue weighted by Gasteiger charge is 1.90. The lowest BCUT2D eigenvalue weighted by molar-refractivity contribution is 0.756. The molecule has 5 heteroatoms. The van der Waals surface area contributed by atoms with Gasteiger partial charge in [0.1, 0.15) is 0 Å². The third kappa shape index (κ3) is 7.05. The molecule has 0 radical (unpaired) electrons. The number of aliphatic imine (C=N–C) groups is 1. The van der Waals surface area contributed by atoms with Crippen molar-refractivity contribution in [2.24, 2.45) is 16.5 Å². The molecule has 0 unspecified atom stereocenters. The monoisotopic (exact) mass is 174 g/mol. The summed E-state index contributed by atoms with van der Waals surface area (Å²) in [4.78, 5) is 3.64. The van der Waals surface area contributed by atoms with E-state index in [1.807, 2.05) is 0 Å². The molecule has 4 nitrogen and oxygen atoms in total. The maximum atomic E-state index is 5.10. The van der Waals surface area contributed by atoms with Crippen LogP contribution in [0.2, 0.25) is 0 Å². The normalized spacial score (nSPS) is 8.82. The number of unbranched alkanes of at least 4 members (excludes halogenated alkanes) is 1. The minimum absolute atomic E-state index is 0.000927. The Labute approximate surface area is 72.0 Å². The van der Waals surface area contributed by atoms with Crippen LogP contribution in [0.5, 0.6) is 0 Å². The molecule has 0 aliphatic heterocycles. The second-order valence-electron chi connectivity index (χ2n) is 2.12. The van der Waals surface area contributed by atoms with Crippen molar-refractivity contribution in [3.05, 3.63) is 0 Å². The standard InChI is InChI=1S/C6H14N4S/c1-2-3-4-9-6(11)10-5(7)8/h2-4H2,1H3,(H5,7,8,9,10,11). The van der Waals surface area contributed by atoms with Crippen LogP contribution in [0, 0.1) is 0 Å². The highest BCUT2D eigenvalue weighted by atomic mass is 32.1. The summed E-state index contributed by atoms with van der Waals surface area (Å²) in [5, 5.41) is 3.26. The molecule has 0 saturated heterocycles. The van der Waals surface area contributed by atoms with Crippen LogP contribution >= 0.6 is 12.2 Å². The first-order chi connectivity index (χ1) is 5.16. The van der Waals surface area contributed by atoms with Crippen LogP contribution in [-0.2, 0) is 0 Å². The molecule has 0 fully saturated rings. The number of nitrogens with one attached hydrogen (secondary N) is 1. The zero-order chi connectivity index (χ0) is 8.69. The van der Waals surface area contributed by atoms with Crippen molar-refractivity contribution in [1.29, 1.82) is 0 Å². The highest BCUT2D eigenvalue weighted by molar-refractivity contribution is 7.80. The number of guanidine groups is 1. The van der Waals surface area contributed by atoms with Crippen LogP contribution in [0.25, 0.3) is 0 Å². The molecule has 0 atom stereocenters. The minimum atomic E-state index is -0.000927. The van der Waals surface area contributed by atoms with Crippen molar-refractivity contribution in [3.63, 3.8) is 0 Å². The van der Waals surface area contributed by atoms with Crippen molar-refractivity contribution < 1.29 is 0 Å². The van der Waals surface area contributed by atoms with Crippen molar-refractivity contribution in [2.45, 2.75) is 19.8 Å². The van der Waals surface area contributed by atoms with Crippen molar-refractivity contribution in [2.75, 3.05) is 6.54 Å². The topological polar surface area (TPSA) is 76.4 Å². The molecule has 0 rings (SSSR count). The summed E-state index contributed by atoms with van der Waals surface area (Å²) in [7, 11) is 0. The van der Waals surface area contributed by atoms with E-state index in [0.717, 1.165) is 19.4 Å². The zero-order valence-corrected chi connectivity index (χ0v) is 7.45. The molecule has 0 aromatic heterocycles. The Morgan fingerprint density at radius 3 is 2.64 bits per heavy atom. The van der Waals surface area contributed by atoms with Crippen molar-refractivity contribution in [3.8, 4) is 0 Å². The molecule has 0 aliphatic carbocycles. The van der Waals surface area contributed by atoms with Crippen LogP contribution in [0.4, 0.5) is 0 Å². The van der Waals surface area contributed by atoms with Crippen molar-refractivity contribution in [1.82, 2.24) is 5.32 Å². The van der Waals surface area contributed by atoms with Gasteiger partial charge in [-0.25, -0.2) is 0 Å². The SMILES string of the molecule is CCCCNC(=S)N=C(N)N. The molecule has 64 valence electrons. The predicted octanol–water partition coefficient (Wildman–Crippen LogP) is -0.0656. The third-order valence-electron chi connectivity index (χ3n) is 1.04. The molecule has 0 aliphatic rings. The van der Waals surface area contributed by atoms with Gasteiger partial charge in [0, 0.05) is 6.54 Å². The second-order valence-corrected chi connectivity index (χ2v) is 2.51. The van der Waals surface area contributed by atoms with E-state index in [-0.39, 0.29) is 5.96 Å². The first-order valence-corrected chi connectivity index (χ1v) is 3.95. The molecular weight excluding hydrogens is 160 g/mol. The second kappa shape index (κ2) is 5.91. The molecule has 5 N–H and O–H groups in total. The highest BCUT2D eigenvalue weighted by Crippen LogP contribution is 1.83. The van der Waals surface area contributed by atoms with Crippen molar-refractivity contribution >= 4 is 23.3 Å². The van der Waals surface area contributed by atoms with Gasteiger partial charge in [0.2, 0.25) is 0 Å². The van der Waals surface area contributed by atoms with E-state index in [1.54, 1.807) is 0 Å². The summed E-state index contributed by atoms with van der Waals surface area (Å²) >= 11 is 4.78.